The van der Waals surface area contributed by atoms with Crippen LogP contribution in [0.1, 0.15) is 64.5 Å². The molecule has 0 bridgehead atoms. The Hall–Kier alpha value is -5.27. The standard InChI is InChI=1S/C49H52F2N2O7/c1-33(2)53-35(4)41(27-40-26-25-34(3)43(50)44(40)51)48(52-53)60-49(54)47(58-31-39-23-15-8-16-24-39)46(57-30-38-21-13-7-14-22-38)45(56-29-37-19-11-6-12-20-37)42(59-49)32-55-28-36-17-9-5-10-18-36/h5-26,33,42,45-47,54H,27-32H2,1-4H3/t42-,45-,46+,47-,49-/m1/s1. The molecule has 7 rings (SSSR count). The van der Waals surface area contributed by atoms with E-state index in [4.69, 9.17) is 33.5 Å². The van der Waals surface area contributed by atoms with Gasteiger partial charge in [-0.05, 0) is 61.1 Å². The van der Waals surface area contributed by atoms with Crippen molar-refractivity contribution in [3.05, 3.63) is 190 Å². The van der Waals surface area contributed by atoms with Gasteiger partial charge in [-0.15, -0.1) is 5.10 Å². The molecule has 9 nitrogen and oxygen atoms in total. The third-order valence-electron chi connectivity index (χ3n) is 10.6. The van der Waals surface area contributed by atoms with Gasteiger partial charge in [-0.2, -0.15) is 0 Å². The molecule has 2 heterocycles. The first-order chi connectivity index (χ1) is 29.1. The summed E-state index contributed by atoms with van der Waals surface area (Å²) >= 11 is 0. The molecule has 0 spiro atoms. The molecule has 0 radical (unpaired) electrons. The van der Waals surface area contributed by atoms with E-state index in [1.807, 2.05) is 142 Å². The fraction of sp³-hybridized carbons (Fsp3) is 0.327. The Bertz CT molecular complexity index is 2260. The van der Waals surface area contributed by atoms with Gasteiger partial charge in [0, 0.05) is 23.7 Å². The van der Waals surface area contributed by atoms with Crippen LogP contribution in [0.3, 0.4) is 0 Å². The van der Waals surface area contributed by atoms with E-state index in [9.17, 15) is 9.50 Å². The van der Waals surface area contributed by atoms with Gasteiger partial charge in [0.05, 0.1) is 33.0 Å². The average Bonchev–Trinajstić information content (AvgIpc) is 3.57. The van der Waals surface area contributed by atoms with Crippen LogP contribution in [0.25, 0.3) is 0 Å². The summed E-state index contributed by atoms with van der Waals surface area (Å²) in [5, 5.41) is 17.8. The molecule has 60 heavy (non-hydrogen) atoms. The van der Waals surface area contributed by atoms with Gasteiger partial charge < -0.3 is 33.5 Å². The fourth-order valence-corrected chi connectivity index (χ4v) is 7.36. The molecule has 0 aliphatic carbocycles. The van der Waals surface area contributed by atoms with Crippen molar-refractivity contribution in [3.8, 4) is 5.88 Å². The summed E-state index contributed by atoms with van der Waals surface area (Å²) in [6, 6.07) is 41.6. The van der Waals surface area contributed by atoms with Crippen LogP contribution in [0.4, 0.5) is 8.78 Å². The zero-order valence-corrected chi connectivity index (χ0v) is 34.4. The minimum atomic E-state index is -2.57. The quantitative estimate of drug-likeness (QED) is 0.0859. The van der Waals surface area contributed by atoms with Crippen LogP contribution >= 0.6 is 0 Å². The molecule has 1 aromatic heterocycles. The van der Waals surface area contributed by atoms with Crippen molar-refractivity contribution in [1.29, 1.82) is 0 Å². The lowest BCUT2D eigenvalue weighted by molar-refractivity contribution is -0.436. The Morgan fingerprint density at radius 2 is 1.17 bits per heavy atom. The molecule has 5 atom stereocenters. The zero-order valence-electron chi connectivity index (χ0n) is 34.4. The van der Waals surface area contributed by atoms with Crippen molar-refractivity contribution in [2.75, 3.05) is 6.61 Å². The van der Waals surface area contributed by atoms with Gasteiger partial charge in [0.25, 0.3) is 0 Å². The van der Waals surface area contributed by atoms with Crippen LogP contribution in [0.5, 0.6) is 5.88 Å². The highest BCUT2D eigenvalue weighted by atomic mass is 19.2. The smallest absolute Gasteiger partial charge is 0.356 e. The van der Waals surface area contributed by atoms with Gasteiger partial charge in [-0.3, -0.25) is 4.68 Å². The molecule has 314 valence electrons. The Labute approximate surface area is 350 Å². The molecule has 6 aromatic rings. The van der Waals surface area contributed by atoms with Crippen molar-refractivity contribution in [3.63, 3.8) is 0 Å². The number of hydrogen-bond acceptors (Lipinski definition) is 8. The Morgan fingerprint density at radius 1 is 0.667 bits per heavy atom. The lowest BCUT2D eigenvalue weighted by Gasteiger charge is -2.49. The average molecular weight is 819 g/mol. The molecule has 0 unspecified atom stereocenters. The van der Waals surface area contributed by atoms with Gasteiger partial charge in [-0.25, -0.2) is 8.78 Å². The number of rotatable bonds is 18. The number of aryl methyl sites for hydroxylation is 1. The van der Waals surface area contributed by atoms with Crippen LogP contribution in [-0.4, -0.2) is 51.9 Å². The van der Waals surface area contributed by atoms with E-state index in [0.29, 0.717) is 11.3 Å². The van der Waals surface area contributed by atoms with Crippen molar-refractivity contribution in [1.82, 2.24) is 9.78 Å². The van der Waals surface area contributed by atoms with E-state index in [2.05, 4.69) is 0 Å². The second kappa shape index (κ2) is 19.9. The van der Waals surface area contributed by atoms with E-state index >= 15 is 4.39 Å². The topological polar surface area (TPSA) is 93.4 Å². The minimum Gasteiger partial charge on any atom is -0.417 e. The molecule has 1 N–H and O–H groups in total. The highest BCUT2D eigenvalue weighted by Gasteiger charge is 2.59. The Morgan fingerprint density at radius 3 is 1.70 bits per heavy atom. The number of ether oxygens (including phenoxy) is 6. The van der Waals surface area contributed by atoms with Gasteiger partial charge in [-0.1, -0.05) is 133 Å². The highest BCUT2D eigenvalue weighted by molar-refractivity contribution is 5.38. The molecule has 1 aliphatic heterocycles. The second-order valence-electron chi connectivity index (χ2n) is 15.4. The maximum atomic E-state index is 15.5. The summed E-state index contributed by atoms with van der Waals surface area (Å²) in [4.78, 5) is 0. The molecule has 0 saturated carbocycles. The van der Waals surface area contributed by atoms with Gasteiger partial charge in [0.1, 0.15) is 18.3 Å². The zero-order chi connectivity index (χ0) is 42.1. The van der Waals surface area contributed by atoms with Gasteiger partial charge in [0.2, 0.25) is 5.88 Å². The number of aliphatic hydroxyl groups is 1. The lowest BCUT2D eigenvalue weighted by Crippen LogP contribution is -2.69. The number of benzene rings is 5. The molecule has 11 heteroatoms. The number of halogens is 2. The van der Waals surface area contributed by atoms with Gasteiger partial charge in [0.15, 0.2) is 17.7 Å². The van der Waals surface area contributed by atoms with Crippen molar-refractivity contribution < 1.29 is 42.3 Å². The molecular weight excluding hydrogens is 767 g/mol. The third-order valence-corrected chi connectivity index (χ3v) is 10.6. The van der Waals surface area contributed by atoms with E-state index in [-0.39, 0.29) is 62.5 Å². The Kier molecular flexibility index (Phi) is 14.2. The number of aromatic nitrogens is 2. The first-order valence-electron chi connectivity index (χ1n) is 20.3. The van der Waals surface area contributed by atoms with Crippen LogP contribution in [0, 0.1) is 25.5 Å². The first kappa shape index (κ1) is 42.8. The monoisotopic (exact) mass is 818 g/mol. The fourth-order valence-electron chi connectivity index (χ4n) is 7.36. The molecule has 0 amide bonds. The Balaban J connectivity index is 1.31. The predicted octanol–water partition coefficient (Wildman–Crippen LogP) is 9.35. The summed E-state index contributed by atoms with van der Waals surface area (Å²) in [6.45, 7) is 7.84. The van der Waals surface area contributed by atoms with Gasteiger partial charge >= 0.3 is 5.97 Å². The molecule has 1 saturated heterocycles. The molecule has 1 fully saturated rings. The third kappa shape index (κ3) is 10.4. The normalized spacial score (nSPS) is 20.4. The van der Waals surface area contributed by atoms with Crippen LogP contribution in [0.2, 0.25) is 0 Å². The second-order valence-corrected chi connectivity index (χ2v) is 15.4. The van der Waals surface area contributed by atoms with Crippen LogP contribution in [0.15, 0.2) is 133 Å². The van der Waals surface area contributed by atoms with E-state index in [1.54, 1.807) is 10.7 Å². The number of hydrogen-bond donors (Lipinski definition) is 1. The highest BCUT2D eigenvalue weighted by Crippen LogP contribution is 2.39. The largest absolute Gasteiger partial charge is 0.417 e. The summed E-state index contributed by atoms with van der Waals surface area (Å²) in [5.74, 6) is -4.49. The summed E-state index contributed by atoms with van der Waals surface area (Å²) in [5.41, 5.74) is 4.95. The molecule has 1 aliphatic rings. The summed E-state index contributed by atoms with van der Waals surface area (Å²) < 4.78 is 71.8. The summed E-state index contributed by atoms with van der Waals surface area (Å²) in [7, 11) is 0. The lowest BCUT2D eigenvalue weighted by atomic mass is 9.96. The van der Waals surface area contributed by atoms with Crippen molar-refractivity contribution in [2.24, 2.45) is 0 Å². The van der Waals surface area contributed by atoms with Crippen molar-refractivity contribution in [2.45, 2.75) is 97.0 Å². The molecular formula is C49H52F2N2O7. The summed E-state index contributed by atoms with van der Waals surface area (Å²) in [6.07, 6.45) is -4.27. The molecule has 5 aromatic carbocycles. The SMILES string of the molecule is Cc1ccc(Cc2c(O[C@]3(O)O[C@H](COCc4ccccc4)[C@@H](OCc4ccccc4)[C@H](OCc4ccccc4)[C@H]3OCc3ccccc3)nn(C(C)C)c2C)c(F)c1F. The van der Waals surface area contributed by atoms with E-state index < -0.39 is 42.0 Å². The minimum absolute atomic E-state index is 0.0310. The maximum Gasteiger partial charge on any atom is 0.356 e. The van der Waals surface area contributed by atoms with E-state index in [1.165, 1.54) is 13.0 Å². The van der Waals surface area contributed by atoms with E-state index in [0.717, 1.165) is 22.3 Å². The van der Waals surface area contributed by atoms with Crippen molar-refractivity contribution >= 4 is 0 Å². The van der Waals surface area contributed by atoms with Crippen LogP contribution in [-0.2, 0) is 56.5 Å². The predicted molar refractivity (Wildman–Crippen MR) is 223 cm³/mol. The first-order valence-corrected chi connectivity index (χ1v) is 20.3. The maximum absolute atomic E-state index is 15.5. The number of nitrogens with zero attached hydrogens (tertiary/aromatic N) is 2. The van der Waals surface area contributed by atoms with Crippen LogP contribution < -0.4 is 4.74 Å².